The fraction of sp³-hybridized carbons (Fsp3) is 0.100. The summed E-state index contributed by atoms with van der Waals surface area (Å²) in [7, 11) is 0. The summed E-state index contributed by atoms with van der Waals surface area (Å²) in [6.45, 7) is 0.145. The number of primary amides is 1. The fourth-order valence-corrected chi connectivity index (χ4v) is 2.57. The number of carbonyl (C=O) groups is 3. The van der Waals surface area contributed by atoms with Crippen LogP contribution in [-0.4, -0.2) is 34.4 Å². The van der Waals surface area contributed by atoms with Crippen LogP contribution >= 0.6 is 0 Å². The molecular formula is C20H20N6O3. The van der Waals surface area contributed by atoms with Crippen LogP contribution < -0.4 is 21.7 Å². The third-order valence-corrected chi connectivity index (χ3v) is 3.99. The third-order valence-electron chi connectivity index (χ3n) is 3.99. The van der Waals surface area contributed by atoms with Gasteiger partial charge in [0.1, 0.15) is 0 Å². The lowest BCUT2D eigenvalue weighted by atomic mass is 10.1. The molecule has 0 radical (unpaired) electrons. The summed E-state index contributed by atoms with van der Waals surface area (Å²) >= 11 is 0. The lowest BCUT2D eigenvalue weighted by Crippen LogP contribution is -2.31. The van der Waals surface area contributed by atoms with Gasteiger partial charge < -0.3 is 26.7 Å². The van der Waals surface area contributed by atoms with Crippen molar-refractivity contribution in [3.8, 4) is 11.3 Å². The number of benzene rings is 2. The number of amides is 4. The molecule has 3 aromatic rings. The number of nitrogens with two attached hydrogens (primary N) is 1. The molecule has 0 saturated carbocycles. The molecule has 0 unspecified atom stereocenters. The third kappa shape index (κ3) is 5.67. The van der Waals surface area contributed by atoms with Gasteiger partial charge in [-0.3, -0.25) is 9.59 Å². The minimum absolute atomic E-state index is 0.0582. The Labute approximate surface area is 166 Å². The van der Waals surface area contributed by atoms with Crippen LogP contribution in [0.25, 0.3) is 11.3 Å². The second-order valence-corrected chi connectivity index (χ2v) is 6.17. The minimum atomic E-state index is -0.493. The fourth-order valence-electron chi connectivity index (χ4n) is 2.57. The number of imidazole rings is 1. The highest BCUT2D eigenvalue weighted by Crippen LogP contribution is 2.19. The molecule has 1 aromatic heterocycles. The van der Waals surface area contributed by atoms with E-state index in [9.17, 15) is 14.4 Å². The van der Waals surface area contributed by atoms with Crippen molar-refractivity contribution in [2.24, 2.45) is 5.73 Å². The van der Waals surface area contributed by atoms with Gasteiger partial charge >= 0.3 is 6.03 Å². The Morgan fingerprint density at radius 3 is 2.38 bits per heavy atom. The van der Waals surface area contributed by atoms with Crippen LogP contribution in [0.15, 0.2) is 61.1 Å². The topological polar surface area (TPSA) is 142 Å². The predicted octanol–water partition coefficient (Wildman–Crippen LogP) is 2.33. The van der Waals surface area contributed by atoms with Gasteiger partial charge in [0.15, 0.2) is 0 Å². The molecular weight excluding hydrogens is 372 g/mol. The molecule has 0 fully saturated rings. The van der Waals surface area contributed by atoms with E-state index in [2.05, 4.69) is 25.9 Å². The molecule has 3 rings (SSSR count). The Bertz CT molecular complexity index is 999. The highest BCUT2D eigenvalue weighted by molar-refractivity contribution is 6.05. The number of aromatic nitrogens is 2. The van der Waals surface area contributed by atoms with Crippen LogP contribution in [0.3, 0.4) is 0 Å². The van der Waals surface area contributed by atoms with Crippen molar-refractivity contribution in [1.82, 2.24) is 15.3 Å². The van der Waals surface area contributed by atoms with Gasteiger partial charge in [-0.15, -0.1) is 0 Å². The monoisotopic (exact) mass is 392 g/mol. The minimum Gasteiger partial charge on any atom is -0.370 e. The summed E-state index contributed by atoms with van der Waals surface area (Å²) in [4.78, 5) is 42.0. The Morgan fingerprint density at radius 1 is 1.00 bits per heavy atom. The highest BCUT2D eigenvalue weighted by Gasteiger charge is 2.08. The Hall–Kier alpha value is -4.14. The standard InChI is InChI=1S/C20H20N6O3/c21-18(27)8-9-23-20(29)26-16-3-1-2-15(10-16)25-19(28)14-6-4-13(5-7-14)17-11-22-12-24-17/h1-7,10-12H,8-9H2,(H2,21,27)(H,22,24)(H,25,28)(H2,23,26,29). The number of nitrogens with zero attached hydrogens (tertiary/aromatic N) is 1. The van der Waals surface area contributed by atoms with E-state index in [0.717, 1.165) is 11.3 Å². The smallest absolute Gasteiger partial charge is 0.319 e. The van der Waals surface area contributed by atoms with Crippen molar-refractivity contribution in [2.45, 2.75) is 6.42 Å². The quantitative estimate of drug-likeness (QED) is 0.420. The van der Waals surface area contributed by atoms with Gasteiger partial charge in [0, 0.05) is 29.9 Å². The van der Waals surface area contributed by atoms with E-state index in [1.54, 1.807) is 48.9 Å². The van der Waals surface area contributed by atoms with Gasteiger partial charge in [-0.1, -0.05) is 18.2 Å². The number of hydrogen-bond acceptors (Lipinski definition) is 4. The molecule has 1 heterocycles. The molecule has 0 atom stereocenters. The molecule has 0 spiro atoms. The zero-order valence-electron chi connectivity index (χ0n) is 15.4. The van der Waals surface area contributed by atoms with Gasteiger partial charge in [-0.25, -0.2) is 9.78 Å². The SMILES string of the molecule is NC(=O)CCNC(=O)Nc1cccc(NC(=O)c2ccc(-c3cnc[nH]3)cc2)c1. The molecule has 6 N–H and O–H groups in total. The van der Waals surface area contributed by atoms with Crippen LogP contribution in [-0.2, 0) is 4.79 Å². The van der Waals surface area contributed by atoms with Gasteiger partial charge in [-0.2, -0.15) is 0 Å². The molecule has 2 aromatic carbocycles. The lowest BCUT2D eigenvalue weighted by Gasteiger charge is -2.10. The van der Waals surface area contributed by atoms with Crippen molar-refractivity contribution in [3.05, 3.63) is 66.6 Å². The first-order valence-electron chi connectivity index (χ1n) is 8.84. The second kappa shape index (κ2) is 9.18. The number of H-pyrrole nitrogens is 1. The zero-order valence-corrected chi connectivity index (χ0v) is 15.4. The average Bonchev–Trinajstić information content (AvgIpc) is 3.23. The first kappa shape index (κ1) is 19.6. The largest absolute Gasteiger partial charge is 0.370 e. The van der Waals surface area contributed by atoms with Crippen LogP contribution in [0, 0.1) is 0 Å². The van der Waals surface area contributed by atoms with Crippen molar-refractivity contribution in [1.29, 1.82) is 0 Å². The summed E-state index contributed by atoms with van der Waals surface area (Å²) in [5.41, 5.74) is 8.33. The number of urea groups is 1. The van der Waals surface area contributed by atoms with E-state index < -0.39 is 11.9 Å². The molecule has 4 amide bonds. The molecule has 0 bridgehead atoms. The van der Waals surface area contributed by atoms with Crippen LogP contribution in [0.2, 0.25) is 0 Å². The summed E-state index contributed by atoms with van der Waals surface area (Å²) in [6.07, 6.45) is 3.36. The van der Waals surface area contributed by atoms with E-state index >= 15 is 0 Å². The Morgan fingerprint density at radius 2 is 1.72 bits per heavy atom. The maximum absolute atomic E-state index is 12.5. The summed E-state index contributed by atoms with van der Waals surface area (Å²) in [6, 6.07) is 13.4. The summed E-state index contributed by atoms with van der Waals surface area (Å²) in [5.74, 6) is -0.767. The van der Waals surface area contributed by atoms with Crippen LogP contribution in [0.1, 0.15) is 16.8 Å². The number of nitrogens with one attached hydrogen (secondary N) is 4. The van der Waals surface area contributed by atoms with Crippen LogP contribution in [0.4, 0.5) is 16.2 Å². The van der Waals surface area contributed by atoms with Crippen molar-refractivity contribution >= 4 is 29.2 Å². The lowest BCUT2D eigenvalue weighted by molar-refractivity contribution is -0.117. The second-order valence-electron chi connectivity index (χ2n) is 6.17. The number of aromatic amines is 1. The van der Waals surface area contributed by atoms with Gasteiger partial charge in [-0.05, 0) is 35.9 Å². The van der Waals surface area contributed by atoms with Gasteiger partial charge in [0.05, 0.1) is 18.2 Å². The maximum Gasteiger partial charge on any atom is 0.319 e. The average molecular weight is 392 g/mol. The summed E-state index contributed by atoms with van der Waals surface area (Å²) < 4.78 is 0. The molecule has 148 valence electrons. The summed E-state index contributed by atoms with van der Waals surface area (Å²) in [5, 5.41) is 7.94. The number of anilines is 2. The molecule has 0 saturated heterocycles. The van der Waals surface area contributed by atoms with Gasteiger partial charge in [0.2, 0.25) is 5.91 Å². The first-order chi connectivity index (χ1) is 14.0. The van der Waals surface area contributed by atoms with E-state index in [-0.39, 0.29) is 18.9 Å². The van der Waals surface area contributed by atoms with Gasteiger partial charge in [0.25, 0.3) is 5.91 Å². The van der Waals surface area contributed by atoms with Crippen molar-refractivity contribution < 1.29 is 14.4 Å². The van der Waals surface area contributed by atoms with E-state index in [4.69, 9.17) is 5.73 Å². The zero-order chi connectivity index (χ0) is 20.6. The molecule has 0 aliphatic heterocycles. The van der Waals surface area contributed by atoms with Crippen molar-refractivity contribution in [3.63, 3.8) is 0 Å². The van der Waals surface area contributed by atoms with E-state index in [1.165, 1.54) is 0 Å². The Balaban J connectivity index is 1.58. The maximum atomic E-state index is 12.5. The van der Waals surface area contributed by atoms with Crippen LogP contribution in [0.5, 0.6) is 0 Å². The van der Waals surface area contributed by atoms with E-state index in [1.807, 2.05) is 12.1 Å². The number of rotatable bonds is 7. The molecule has 0 aliphatic carbocycles. The highest BCUT2D eigenvalue weighted by atomic mass is 16.2. The normalized spacial score (nSPS) is 10.2. The van der Waals surface area contributed by atoms with Crippen molar-refractivity contribution in [2.75, 3.05) is 17.2 Å². The number of carbonyl (C=O) groups excluding carboxylic acids is 3. The number of hydrogen-bond donors (Lipinski definition) is 5. The molecule has 0 aliphatic rings. The van der Waals surface area contributed by atoms with E-state index in [0.29, 0.717) is 16.9 Å². The predicted molar refractivity (Wildman–Crippen MR) is 109 cm³/mol. The first-order valence-corrected chi connectivity index (χ1v) is 8.84. The molecule has 9 heteroatoms. The Kier molecular flexibility index (Phi) is 6.21. The molecule has 29 heavy (non-hydrogen) atoms. The molecule has 9 nitrogen and oxygen atoms in total.